The topological polar surface area (TPSA) is 34.2 Å². The molecule has 1 heterocycles. The minimum Gasteiger partial charge on any atom is -0.476 e. The minimum absolute atomic E-state index is 0.148. The van der Waals surface area contributed by atoms with E-state index in [1.54, 1.807) is 12.3 Å². The third-order valence-corrected chi connectivity index (χ3v) is 3.67. The van der Waals surface area contributed by atoms with Gasteiger partial charge in [0, 0.05) is 18.3 Å². The number of hydrogen-bond donors (Lipinski definition) is 1. The van der Waals surface area contributed by atoms with E-state index in [9.17, 15) is 4.39 Å². The molecule has 0 aliphatic heterocycles. The lowest BCUT2D eigenvalue weighted by atomic mass is 9.83. The lowest BCUT2D eigenvalue weighted by Crippen LogP contribution is -2.17. The molecule has 1 saturated carbocycles. The quantitative estimate of drug-likeness (QED) is 0.733. The fraction of sp³-hybridized carbons (Fsp3) is 0.667. The van der Waals surface area contributed by atoms with E-state index in [-0.39, 0.29) is 11.7 Å². The summed E-state index contributed by atoms with van der Waals surface area (Å²) in [6.45, 7) is 4.08. The number of rotatable bonds is 8. The molecule has 0 radical (unpaired) electrons. The predicted molar refractivity (Wildman–Crippen MR) is 73.6 cm³/mol. The van der Waals surface area contributed by atoms with E-state index in [1.807, 2.05) is 0 Å². The van der Waals surface area contributed by atoms with Gasteiger partial charge in [-0.1, -0.05) is 26.2 Å². The van der Waals surface area contributed by atoms with Crippen molar-refractivity contribution in [3.05, 3.63) is 23.6 Å². The predicted octanol–water partition coefficient (Wildman–Crippen LogP) is 3.29. The Labute approximate surface area is 114 Å². The first-order valence-electron chi connectivity index (χ1n) is 7.28. The van der Waals surface area contributed by atoms with Crippen molar-refractivity contribution in [2.45, 2.75) is 45.6 Å². The first-order valence-corrected chi connectivity index (χ1v) is 7.28. The third-order valence-electron chi connectivity index (χ3n) is 3.67. The number of pyridine rings is 1. The molecule has 19 heavy (non-hydrogen) atoms. The van der Waals surface area contributed by atoms with E-state index >= 15 is 0 Å². The fourth-order valence-electron chi connectivity index (χ4n) is 2.20. The van der Waals surface area contributed by atoms with Crippen molar-refractivity contribution >= 4 is 0 Å². The third kappa shape index (κ3) is 4.16. The normalized spacial score (nSPS) is 15.3. The zero-order valence-corrected chi connectivity index (χ0v) is 11.6. The van der Waals surface area contributed by atoms with Crippen LogP contribution >= 0.6 is 0 Å². The summed E-state index contributed by atoms with van der Waals surface area (Å²) in [5.41, 5.74) is 0.627. The molecule has 4 heteroatoms. The molecule has 0 spiro atoms. The maximum absolute atomic E-state index is 14.1. The van der Waals surface area contributed by atoms with Gasteiger partial charge in [-0.2, -0.15) is 0 Å². The van der Waals surface area contributed by atoms with Crippen LogP contribution in [0.15, 0.2) is 12.3 Å². The van der Waals surface area contributed by atoms with E-state index in [1.165, 1.54) is 19.3 Å². The standard InChI is InChI=1S/C15H23FN2O/c1-2-8-17-11-13-6-9-18-15(14(13)16)19-10-7-12-4-3-5-12/h6,9,12,17H,2-5,7-8,10-11H2,1H3. The van der Waals surface area contributed by atoms with E-state index < -0.39 is 0 Å². The van der Waals surface area contributed by atoms with Gasteiger partial charge in [-0.25, -0.2) is 9.37 Å². The Balaban J connectivity index is 1.83. The molecule has 0 bridgehead atoms. The lowest BCUT2D eigenvalue weighted by Gasteiger charge is -2.24. The molecule has 0 unspecified atom stereocenters. The second-order valence-corrected chi connectivity index (χ2v) is 5.20. The van der Waals surface area contributed by atoms with Crippen molar-refractivity contribution < 1.29 is 9.13 Å². The molecule has 0 amide bonds. The average molecular weight is 266 g/mol. The maximum atomic E-state index is 14.1. The van der Waals surface area contributed by atoms with Crippen LogP contribution in [0, 0.1) is 11.7 Å². The number of nitrogens with zero attached hydrogens (tertiary/aromatic N) is 1. The van der Waals surface area contributed by atoms with Gasteiger partial charge in [-0.05, 0) is 31.4 Å². The van der Waals surface area contributed by atoms with Crippen molar-refractivity contribution in [2.75, 3.05) is 13.2 Å². The summed E-state index contributed by atoms with van der Waals surface area (Å²) >= 11 is 0. The van der Waals surface area contributed by atoms with Crippen LogP contribution in [0.2, 0.25) is 0 Å². The molecule has 2 rings (SSSR count). The molecule has 3 nitrogen and oxygen atoms in total. The Morgan fingerprint density at radius 3 is 3.00 bits per heavy atom. The Hall–Kier alpha value is -1.16. The number of aromatic nitrogens is 1. The Morgan fingerprint density at radius 2 is 2.32 bits per heavy atom. The molecule has 1 aliphatic rings. The van der Waals surface area contributed by atoms with Crippen molar-refractivity contribution in [1.29, 1.82) is 0 Å². The molecule has 0 aromatic carbocycles. The molecule has 1 aromatic rings. The minimum atomic E-state index is -0.320. The van der Waals surface area contributed by atoms with Crippen LogP contribution in [0.3, 0.4) is 0 Å². The highest BCUT2D eigenvalue weighted by Gasteiger charge is 2.17. The molecule has 1 N–H and O–H groups in total. The molecule has 0 atom stereocenters. The van der Waals surface area contributed by atoms with Gasteiger partial charge in [0.25, 0.3) is 5.88 Å². The summed E-state index contributed by atoms with van der Waals surface area (Å²) < 4.78 is 19.6. The van der Waals surface area contributed by atoms with Crippen molar-refractivity contribution in [3.8, 4) is 5.88 Å². The van der Waals surface area contributed by atoms with E-state index in [0.29, 0.717) is 18.7 Å². The summed E-state index contributed by atoms with van der Waals surface area (Å²) in [6, 6.07) is 1.71. The highest BCUT2D eigenvalue weighted by Crippen LogP contribution is 2.29. The van der Waals surface area contributed by atoms with Gasteiger partial charge < -0.3 is 10.1 Å². The van der Waals surface area contributed by atoms with Crippen LogP contribution in [-0.4, -0.2) is 18.1 Å². The SMILES string of the molecule is CCCNCc1ccnc(OCCC2CCC2)c1F. The Kier molecular flexibility index (Phi) is 5.58. The first kappa shape index (κ1) is 14.3. The molecule has 1 aromatic heterocycles. The summed E-state index contributed by atoms with van der Waals surface area (Å²) in [7, 11) is 0. The smallest absolute Gasteiger partial charge is 0.250 e. The van der Waals surface area contributed by atoms with Crippen molar-refractivity contribution in [3.63, 3.8) is 0 Å². The molecular formula is C15H23FN2O. The highest BCUT2D eigenvalue weighted by atomic mass is 19.1. The van der Waals surface area contributed by atoms with Gasteiger partial charge in [-0.3, -0.25) is 0 Å². The monoisotopic (exact) mass is 266 g/mol. The van der Waals surface area contributed by atoms with Crippen LogP contribution in [0.5, 0.6) is 5.88 Å². The van der Waals surface area contributed by atoms with Crippen LogP contribution in [-0.2, 0) is 6.54 Å². The highest BCUT2D eigenvalue weighted by molar-refractivity contribution is 5.23. The Bertz CT molecular complexity index is 394. The summed E-state index contributed by atoms with van der Waals surface area (Å²) in [6.07, 6.45) is 7.58. The zero-order valence-electron chi connectivity index (χ0n) is 11.6. The lowest BCUT2D eigenvalue weighted by molar-refractivity contribution is 0.211. The molecule has 1 fully saturated rings. The second kappa shape index (κ2) is 7.43. The van der Waals surface area contributed by atoms with E-state index in [0.717, 1.165) is 25.3 Å². The average Bonchev–Trinajstić information content (AvgIpc) is 2.36. The van der Waals surface area contributed by atoms with Crippen LogP contribution in [0.4, 0.5) is 4.39 Å². The first-order chi connectivity index (χ1) is 9.31. The van der Waals surface area contributed by atoms with E-state index in [4.69, 9.17) is 4.74 Å². The van der Waals surface area contributed by atoms with Gasteiger partial charge >= 0.3 is 0 Å². The summed E-state index contributed by atoms with van der Waals surface area (Å²) in [5, 5.41) is 3.19. The van der Waals surface area contributed by atoms with Crippen LogP contribution in [0.25, 0.3) is 0 Å². The molecule has 1 aliphatic carbocycles. The molecule has 106 valence electrons. The molecular weight excluding hydrogens is 243 g/mol. The van der Waals surface area contributed by atoms with Gasteiger partial charge in [0.15, 0.2) is 5.82 Å². The molecule has 0 saturated heterocycles. The fourth-order valence-corrected chi connectivity index (χ4v) is 2.20. The summed E-state index contributed by atoms with van der Waals surface area (Å²) in [4.78, 5) is 3.98. The van der Waals surface area contributed by atoms with E-state index in [2.05, 4.69) is 17.2 Å². The van der Waals surface area contributed by atoms with Crippen molar-refractivity contribution in [1.82, 2.24) is 10.3 Å². The number of nitrogens with one attached hydrogen (secondary N) is 1. The maximum Gasteiger partial charge on any atom is 0.250 e. The van der Waals surface area contributed by atoms with Gasteiger partial charge in [0.2, 0.25) is 0 Å². The Morgan fingerprint density at radius 1 is 1.47 bits per heavy atom. The zero-order chi connectivity index (χ0) is 13.5. The van der Waals surface area contributed by atoms with Crippen LogP contribution < -0.4 is 10.1 Å². The van der Waals surface area contributed by atoms with Gasteiger partial charge in [0.1, 0.15) is 0 Å². The van der Waals surface area contributed by atoms with Crippen LogP contribution in [0.1, 0.15) is 44.6 Å². The summed E-state index contributed by atoms with van der Waals surface area (Å²) in [5.74, 6) is 0.604. The second-order valence-electron chi connectivity index (χ2n) is 5.20. The number of ether oxygens (including phenoxy) is 1. The largest absolute Gasteiger partial charge is 0.476 e. The number of halogens is 1. The van der Waals surface area contributed by atoms with Crippen molar-refractivity contribution in [2.24, 2.45) is 5.92 Å². The van der Waals surface area contributed by atoms with Gasteiger partial charge in [-0.15, -0.1) is 0 Å². The number of hydrogen-bond acceptors (Lipinski definition) is 3. The van der Waals surface area contributed by atoms with Gasteiger partial charge in [0.05, 0.1) is 6.61 Å².